The van der Waals surface area contributed by atoms with Gasteiger partial charge in [-0.3, -0.25) is 4.79 Å². The highest BCUT2D eigenvalue weighted by atomic mass is 16.2. The van der Waals surface area contributed by atoms with E-state index in [4.69, 9.17) is 0 Å². The second-order valence-corrected chi connectivity index (χ2v) is 5.30. The Labute approximate surface area is 102 Å². The zero-order valence-electron chi connectivity index (χ0n) is 10.1. The standard InChI is InChI=1S/C15H19NO/c17-15-13(8-9-16-15)10-12-6-3-5-11-4-1-2-7-14(11)12/h1-2,4,7,12-13H,3,5-6,8-10H2,(H,16,17). The first-order valence-corrected chi connectivity index (χ1v) is 6.70. The van der Waals surface area contributed by atoms with Gasteiger partial charge in [0.15, 0.2) is 0 Å². The van der Waals surface area contributed by atoms with Crippen molar-refractivity contribution < 1.29 is 4.79 Å². The molecule has 90 valence electrons. The molecule has 1 saturated heterocycles. The van der Waals surface area contributed by atoms with Crippen LogP contribution in [0.3, 0.4) is 0 Å². The molecule has 0 bridgehead atoms. The van der Waals surface area contributed by atoms with Crippen LogP contribution in [0, 0.1) is 5.92 Å². The predicted molar refractivity (Wildman–Crippen MR) is 67.9 cm³/mol. The summed E-state index contributed by atoms with van der Waals surface area (Å²) in [4.78, 5) is 11.6. The Morgan fingerprint density at radius 2 is 2.06 bits per heavy atom. The summed E-state index contributed by atoms with van der Waals surface area (Å²) < 4.78 is 0. The summed E-state index contributed by atoms with van der Waals surface area (Å²) in [5.41, 5.74) is 3.00. The van der Waals surface area contributed by atoms with Crippen LogP contribution in [0.5, 0.6) is 0 Å². The zero-order chi connectivity index (χ0) is 11.7. The van der Waals surface area contributed by atoms with E-state index in [1.165, 1.54) is 30.4 Å². The molecule has 0 saturated carbocycles. The number of benzene rings is 1. The second-order valence-electron chi connectivity index (χ2n) is 5.30. The third-order valence-corrected chi connectivity index (χ3v) is 4.23. The molecule has 1 aliphatic carbocycles. The third-order valence-electron chi connectivity index (χ3n) is 4.23. The van der Waals surface area contributed by atoms with Gasteiger partial charge in [0.2, 0.25) is 5.91 Å². The van der Waals surface area contributed by atoms with Crippen LogP contribution in [0.2, 0.25) is 0 Å². The van der Waals surface area contributed by atoms with Gasteiger partial charge in [0.05, 0.1) is 0 Å². The summed E-state index contributed by atoms with van der Waals surface area (Å²) in [6.45, 7) is 0.873. The van der Waals surface area contributed by atoms with E-state index in [0.29, 0.717) is 5.92 Å². The lowest BCUT2D eigenvalue weighted by atomic mass is 9.78. The second kappa shape index (κ2) is 4.52. The minimum absolute atomic E-state index is 0.256. The van der Waals surface area contributed by atoms with Gasteiger partial charge in [-0.2, -0.15) is 0 Å². The van der Waals surface area contributed by atoms with Crippen molar-refractivity contribution >= 4 is 5.91 Å². The van der Waals surface area contributed by atoms with Crippen LogP contribution in [-0.4, -0.2) is 12.5 Å². The number of fused-ring (bicyclic) bond motifs is 1. The molecule has 2 unspecified atom stereocenters. The molecule has 0 aromatic heterocycles. The smallest absolute Gasteiger partial charge is 0.223 e. The van der Waals surface area contributed by atoms with E-state index in [0.717, 1.165) is 19.4 Å². The summed E-state index contributed by atoms with van der Waals surface area (Å²) >= 11 is 0. The van der Waals surface area contributed by atoms with E-state index in [2.05, 4.69) is 29.6 Å². The zero-order valence-corrected chi connectivity index (χ0v) is 10.1. The molecule has 2 nitrogen and oxygen atoms in total. The van der Waals surface area contributed by atoms with E-state index in [1.807, 2.05) is 0 Å². The molecular weight excluding hydrogens is 210 g/mol. The maximum absolute atomic E-state index is 11.6. The summed E-state index contributed by atoms with van der Waals surface area (Å²) in [5, 5.41) is 2.94. The number of hydrogen-bond acceptors (Lipinski definition) is 1. The van der Waals surface area contributed by atoms with Gasteiger partial charge in [-0.15, -0.1) is 0 Å². The van der Waals surface area contributed by atoms with Crippen LogP contribution in [0.1, 0.15) is 42.7 Å². The molecule has 1 heterocycles. The molecule has 0 radical (unpaired) electrons. The summed E-state index contributed by atoms with van der Waals surface area (Å²) in [6.07, 6.45) is 5.81. The molecule has 17 heavy (non-hydrogen) atoms. The Hall–Kier alpha value is -1.31. The van der Waals surface area contributed by atoms with Gasteiger partial charge in [0.25, 0.3) is 0 Å². The van der Waals surface area contributed by atoms with E-state index >= 15 is 0 Å². The predicted octanol–water partition coefficient (Wildman–Crippen LogP) is 2.63. The first-order chi connectivity index (χ1) is 8.34. The van der Waals surface area contributed by atoms with Crippen molar-refractivity contribution in [3.8, 4) is 0 Å². The van der Waals surface area contributed by atoms with E-state index in [1.54, 1.807) is 0 Å². The minimum Gasteiger partial charge on any atom is -0.356 e. The topological polar surface area (TPSA) is 29.1 Å². The van der Waals surface area contributed by atoms with Gasteiger partial charge in [0, 0.05) is 12.5 Å². The van der Waals surface area contributed by atoms with Gasteiger partial charge in [-0.25, -0.2) is 0 Å². The number of carbonyl (C=O) groups is 1. The van der Waals surface area contributed by atoms with Gasteiger partial charge in [0.1, 0.15) is 0 Å². The monoisotopic (exact) mass is 229 g/mol. The lowest BCUT2D eigenvalue weighted by Crippen LogP contribution is -2.21. The fraction of sp³-hybridized carbons (Fsp3) is 0.533. The highest BCUT2D eigenvalue weighted by Gasteiger charge is 2.29. The van der Waals surface area contributed by atoms with Crippen LogP contribution in [0.25, 0.3) is 0 Å². The molecule has 2 atom stereocenters. The van der Waals surface area contributed by atoms with Gasteiger partial charge < -0.3 is 5.32 Å². The van der Waals surface area contributed by atoms with E-state index in [-0.39, 0.29) is 11.8 Å². The molecule has 1 N–H and O–H groups in total. The van der Waals surface area contributed by atoms with Crippen molar-refractivity contribution in [1.82, 2.24) is 5.32 Å². The van der Waals surface area contributed by atoms with Crippen LogP contribution in [0.15, 0.2) is 24.3 Å². The SMILES string of the molecule is O=C1NCCC1CC1CCCc2ccccc21. The molecule has 1 fully saturated rings. The van der Waals surface area contributed by atoms with E-state index in [9.17, 15) is 4.79 Å². The Kier molecular flexibility index (Phi) is 2.87. The fourth-order valence-corrected chi connectivity index (χ4v) is 3.31. The summed E-state index contributed by atoms with van der Waals surface area (Å²) in [5.74, 6) is 1.13. The van der Waals surface area contributed by atoms with Crippen LogP contribution < -0.4 is 5.32 Å². The Morgan fingerprint density at radius 1 is 1.18 bits per heavy atom. The molecule has 1 aromatic carbocycles. The molecule has 1 amide bonds. The lowest BCUT2D eigenvalue weighted by molar-refractivity contribution is -0.122. The Morgan fingerprint density at radius 3 is 2.88 bits per heavy atom. The average Bonchev–Trinajstić information content (AvgIpc) is 2.76. The number of carbonyl (C=O) groups excluding carboxylic acids is 1. The maximum Gasteiger partial charge on any atom is 0.223 e. The van der Waals surface area contributed by atoms with Gasteiger partial charge >= 0.3 is 0 Å². The van der Waals surface area contributed by atoms with Gasteiger partial charge in [-0.1, -0.05) is 24.3 Å². The average molecular weight is 229 g/mol. The van der Waals surface area contributed by atoms with E-state index < -0.39 is 0 Å². The molecule has 1 aromatic rings. The van der Waals surface area contributed by atoms with Crippen LogP contribution >= 0.6 is 0 Å². The summed E-state index contributed by atoms with van der Waals surface area (Å²) in [7, 11) is 0. The molecule has 0 spiro atoms. The third kappa shape index (κ3) is 2.08. The first kappa shape index (κ1) is 10.8. The molecule has 2 aliphatic rings. The minimum atomic E-state index is 0.256. The van der Waals surface area contributed by atoms with Crippen molar-refractivity contribution in [3.63, 3.8) is 0 Å². The fourth-order valence-electron chi connectivity index (χ4n) is 3.31. The quantitative estimate of drug-likeness (QED) is 0.830. The molecule has 3 rings (SSSR count). The highest BCUT2D eigenvalue weighted by molar-refractivity contribution is 5.80. The molecular formula is C15H19NO. The maximum atomic E-state index is 11.6. The number of hydrogen-bond donors (Lipinski definition) is 1. The lowest BCUT2D eigenvalue weighted by Gasteiger charge is -2.26. The van der Waals surface area contributed by atoms with Crippen molar-refractivity contribution in [2.45, 2.75) is 38.0 Å². The number of nitrogens with one attached hydrogen (secondary N) is 1. The Bertz CT molecular complexity index is 427. The van der Waals surface area contributed by atoms with Crippen molar-refractivity contribution in [1.29, 1.82) is 0 Å². The normalized spacial score (nSPS) is 27.6. The van der Waals surface area contributed by atoms with Crippen molar-refractivity contribution in [2.24, 2.45) is 5.92 Å². The van der Waals surface area contributed by atoms with Crippen molar-refractivity contribution in [2.75, 3.05) is 6.54 Å². The molecule has 2 heteroatoms. The highest BCUT2D eigenvalue weighted by Crippen LogP contribution is 2.37. The summed E-state index contributed by atoms with van der Waals surface area (Å²) in [6, 6.07) is 8.76. The number of aryl methyl sites for hydroxylation is 1. The Balaban J connectivity index is 1.78. The van der Waals surface area contributed by atoms with Crippen LogP contribution in [-0.2, 0) is 11.2 Å². The molecule has 1 aliphatic heterocycles. The van der Waals surface area contributed by atoms with Crippen molar-refractivity contribution in [3.05, 3.63) is 35.4 Å². The van der Waals surface area contributed by atoms with Gasteiger partial charge in [-0.05, 0) is 49.1 Å². The van der Waals surface area contributed by atoms with Crippen LogP contribution in [0.4, 0.5) is 0 Å². The largest absolute Gasteiger partial charge is 0.356 e. The number of amides is 1. The first-order valence-electron chi connectivity index (χ1n) is 6.70. The number of rotatable bonds is 2.